The van der Waals surface area contributed by atoms with Crippen LogP contribution in [0.5, 0.6) is 28.7 Å². The first-order valence-electron chi connectivity index (χ1n) is 14.1. The van der Waals surface area contributed by atoms with E-state index in [-0.39, 0.29) is 6.61 Å². The molecule has 7 rings (SSSR count). The predicted octanol–water partition coefficient (Wildman–Crippen LogP) is 6.62. The zero-order chi connectivity index (χ0) is 32.3. The van der Waals surface area contributed by atoms with Gasteiger partial charge in [0.15, 0.2) is 18.1 Å². The summed E-state index contributed by atoms with van der Waals surface area (Å²) in [6.07, 6.45) is 1.35. The summed E-state index contributed by atoms with van der Waals surface area (Å²) in [6, 6.07) is 25.1. The Bertz CT molecular complexity index is 1930. The molecule has 0 bridgehead atoms. The minimum Gasteiger partial charge on any atom is -0.497 e. The number of hydrogen-bond donors (Lipinski definition) is 3. The van der Waals surface area contributed by atoms with E-state index in [0.717, 1.165) is 21.5 Å². The number of rotatable bonds is 6. The van der Waals surface area contributed by atoms with Gasteiger partial charge in [-0.1, -0.05) is 30.0 Å². The molecule has 5 aromatic rings. The Hall–Kier alpha value is -5.33. The van der Waals surface area contributed by atoms with Crippen molar-refractivity contribution in [1.82, 2.24) is 9.97 Å². The van der Waals surface area contributed by atoms with Gasteiger partial charge in [-0.3, -0.25) is 5.32 Å². The molecule has 11 nitrogen and oxygen atoms in total. The molecule has 1 unspecified atom stereocenters. The molecule has 0 spiro atoms. The highest BCUT2D eigenvalue weighted by Gasteiger charge is 2.44. The number of benzene rings is 4. The monoisotopic (exact) mass is 641 g/mol. The summed E-state index contributed by atoms with van der Waals surface area (Å²) in [4.78, 5) is 20.8. The minimum absolute atomic E-state index is 0.0298. The van der Waals surface area contributed by atoms with Gasteiger partial charge >= 0.3 is 6.09 Å². The van der Waals surface area contributed by atoms with Crippen LogP contribution in [0.25, 0.3) is 22.7 Å². The van der Waals surface area contributed by atoms with E-state index >= 15 is 0 Å². The van der Waals surface area contributed by atoms with Crippen LogP contribution < -0.4 is 29.0 Å². The SMILES string of the molecule is COC(=O)Nc1nc2ccc(Sc3ccccc3)cc2[nH]1.COc1ccc2c(c1)OC1(O)COc3cc(OC)c(OC)cc3C1=C2. The van der Waals surface area contributed by atoms with Crippen molar-refractivity contribution in [1.29, 1.82) is 0 Å². The number of ether oxygens (including phenoxy) is 6. The number of carbonyl (C=O) groups excluding carboxylic acids is 1. The summed E-state index contributed by atoms with van der Waals surface area (Å²) in [5.41, 5.74) is 3.82. The quantitative estimate of drug-likeness (QED) is 0.186. The molecule has 0 saturated heterocycles. The molecule has 236 valence electrons. The summed E-state index contributed by atoms with van der Waals surface area (Å²) < 4.78 is 32.0. The number of amides is 1. The molecule has 2 aliphatic heterocycles. The number of aromatic nitrogens is 2. The van der Waals surface area contributed by atoms with Gasteiger partial charge in [0.25, 0.3) is 5.79 Å². The summed E-state index contributed by atoms with van der Waals surface area (Å²) in [5.74, 6) is 1.71. The highest BCUT2D eigenvalue weighted by atomic mass is 32.2. The number of hydrogen-bond acceptors (Lipinski definition) is 10. The molecule has 12 heteroatoms. The molecule has 4 aromatic carbocycles. The van der Waals surface area contributed by atoms with Crippen LogP contribution in [0.4, 0.5) is 10.7 Å². The van der Waals surface area contributed by atoms with E-state index in [9.17, 15) is 9.90 Å². The fourth-order valence-corrected chi connectivity index (χ4v) is 5.88. The Morgan fingerprint density at radius 1 is 0.913 bits per heavy atom. The van der Waals surface area contributed by atoms with Crippen molar-refractivity contribution in [3.63, 3.8) is 0 Å². The van der Waals surface area contributed by atoms with Crippen LogP contribution in [0, 0.1) is 0 Å². The molecular formula is C34H31N3O8S. The average Bonchev–Trinajstić information content (AvgIpc) is 3.48. The zero-order valence-corrected chi connectivity index (χ0v) is 26.3. The predicted molar refractivity (Wildman–Crippen MR) is 174 cm³/mol. The van der Waals surface area contributed by atoms with E-state index in [2.05, 4.69) is 32.2 Å². The largest absolute Gasteiger partial charge is 0.497 e. The summed E-state index contributed by atoms with van der Waals surface area (Å²) in [5, 5.41) is 13.5. The third-order valence-corrected chi connectivity index (χ3v) is 8.26. The Morgan fingerprint density at radius 3 is 2.43 bits per heavy atom. The molecule has 2 aliphatic rings. The maximum atomic E-state index is 11.2. The van der Waals surface area contributed by atoms with E-state index in [4.69, 9.17) is 23.7 Å². The fraction of sp³-hybridized carbons (Fsp3) is 0.176. The first-order chi connectivity index (χ1) is 22.3. The number of H-pyrrole nitrogens is 1. The van der Waals surface area contributed by atoms with Crippen LogP contribution in [-0.2, 0) is 4.74 Å². The second-order valence-corrected chi connectivity index (χ2v) is 11.3. The van der Waals surface area contributed by atoms with Gasteiger partial charge in [-0.2, -0.15) is 0 Å². The first kappa shape index (κ1) is 30.7. The van der Waals surface area contributed by atoms with Gasteiger partial charge in [0.2, 0.25) is 5.95 Å². The minimum atomic E-state index is -1.58. The number of nitrogens with one attached hydrogen (secondary N) is 2. The Balaban J connectivity index is 0.000000164. The number of fused-ring (bicyclic) bond motifs is 5. The Kier molecular flexibility index (Phi) is 8.64. The molecular weight excluding hydrogens is 610 g/mol. The van der Waals surface area contributed by atoms with Gasteiger partial charge in [0.1, 0.15) is 17.2 Å². The topological polar surface area (TPSA) is 133 Å². The maximum Gasteiger partial charge on any atom is 0.413 e. The number of aromatic amines is 1. The molecule has 1 aromatic heterocycles. The zero-order valence-electron chi connectivity index (χ0n) is 25.5. The Labute approximate surface area is 269 Å². The van der Waals surface area contributed by atoms with Crippen LogP contribution in [0.2, 0.25) is 0 Å². The smallest absolute Gasteiger partial charge is 0.413 e. The van der Waals surface area contributed by atoms with E-state index in [0.29, 0.717) is 45.8 Å². The van der Waals surface area contributed by atoms with Crippen molar-refractivity contribution in [2.45, 2.75) is 15.6 Å². The van der Waals surface area contributed by atoms with Gasteiger partial charge in [0.05, 0.1) is 39.5 Å². The van der Waals surface area contributed by atoms with Crippen LogP contribution >= 0.6 is 11.8 Å². The van der Waals surface area contributed by atoms with Gasteiger partial charge < -0.3 is 38.5 Å². The van der Waals surface area contributed by atoms with Gasteiger partial charge in [-0.05, 0) is 54.6 Å². The lowest BCUT2D eigenvalue weighted by atomic mass is 9.90. The summed E-state index contributed by atoms with van der Waals surface area (Å²) in [7, 11) is 6.02. The maximum absolute atomic E-state index is 11.2. The number of imidazole rings is 1. The molecule has 0 aliphatic carbocycles. The molecule has 0 radical (unpaired) electrons. The molecule has 0 fully saturated rings. The standard InChI is InChI=1S/C19H18O6.C15H13N3O2S/c1-21-12-5-4-11-6-14-13-8-17(22-2)18(23-3)9-16(13)24-10-19(14,20)25-15(11)7-12;1-20-15(19)18-14-16-12-8-7-11(9-13(12)17-14)21-10-5-3-2-4-6-10/h4-9,20H,10H2,1-3H3;2-9H,1H3,(H2,16,17,18,19). The van der Waals surface area contributed by atoms with Crippen molar-refractivity contribution in [2.75, 3.05) is 40.4 Å². The van der Waals surface area contributed by atoms with Crippen molar-refractivity contribution in [3.8, 4) is 28.7 Å². The second kappa shape index (κ2) is 13.0. The summed E-state index contributed by atoms with van der Waals surface area (Å²) >= 11 is 1.67. The fourth-order valence-electron chi connectivity index (χ4n) is 5.00. The second-order valence-electron chi connectivity index (χ2n) is 10.1. The van der Waals surface area contributed by atoms with Gasteiger partial charge in [0, 0.05) is 38.6 Å². The number of methoxy groups -OCH3 is 4. The van der Waals surface area contributed by atoms with E-state index in [1.165, 1.54) is 12.0 Å². The van der Waals surface area contributed by atoms with E-state index in [1.807, 2.05) is 54.6 Å². The van der Waals surface area contributed by atoms with Crippen LogP contribution in [-0.4, -0.2) is 62.0 Å². The van der Waals surface area contributed by atoms with Crippen LogP contribution in [0.3, 0.4) is 0 Å². The van der Waals surface area contributed by atoms with Crippen molar-refractivity contribution >= 4 is 46.5 Å². The highest BCUT2D eigenvalue weighted by Crippen LogP contribution is 2.49. The van der Waals surface area contributed by atoms with Gasteiger partial charge in [-0.15, -0.1) is 0 Å². The molecule has 3 heterocycles. The van der Waals surface area contributed by atoms with E-state index in [1.54, 1.807) is 51.3 Å². The van der Waals surface area contributed by atoms with Crippen molar-refractivity contribution < 1.29 is 38.3 Å². The molecule has 0 saturated carbocycles. The average molecular weight is 642 g/mol. The third kappa shape index (κ3) is 6.25. The number of carbonyl (C=O) groups is 1. The van der Waals surface area contributed by atoms with Crippen LogP contribution in [0.1, 0.15) is 11.1 Å². The number of nitrogens with zero attached hydrogens (tertiary/aromatic N) is 1. The molecule has 1 amide bonds. The normalized spacial score (nSPS) is 15.7. The van der Waals surface area contributed by atoms with Crippen molar-refractivity contribution in [2.24, 2.45) is 0 Å². The third-order valence-electron chi connectivity index (χ3n) is 7.26. The van der Waals surface area contributed by atoms with Gasteiger partial charge in [-0.25, -0.2) is 9.78 Å². The first-order valence-corrected chi connectivity index (χ1v) is 14.9. The number of anilines is 1. The lowest BCUT2D eigenvalue weighted by molar-refractivity contribution is -0.116. The highest BCUT2D eigenvalue weighted by molar-refractivity contribution is 7.99. The molecule has 1 atom stereocenters. The lowest BCUT2D eigenvalue weighted by Gasteiger charge is -2.39. The van der Waals surface area contributed by atoms with Crippen molar-refractivity contribution in [3.05, 3.63) is 90.0 Å². The lowest BCUT2D eigenvalue weighted by Crippen LogP contribution is -2.47. The summed E-state index contributed by atoms with van der Waals surface area (Å²) in [6.45, 7) is -0.0298. The number of aliphatic hydroxyl groups is 1. The Morgan fingerprint density at radius 2 is 1.70 bits per heavy atom. The molecule has 3 N–H and O–H groups in total. The van der Waals surface area contributed by atoms with E-state index < -0.39 is 11.9 Å². The van der Waals surface area contributed by atoms with Crippen LogP contribution in [0.15, 0.2) is 88.7 Å². The molecule has 46 heavy (non-hydrogen) atoms.